The van der Waals surface area contributed by atoms with Crippen LogP contribution in [0.4, 0.5) is 0 Å². The van der Waals surface area contributed by atoms with Crippen LogP contribution in [0.25, 0.3) is 0 Å². The van der Waals surface area contributed by atoms with Crippen molar-refractivity contribution in [3.63, 3.8) is 0 Å². The Morgan fingerprint density at radius 1 is 1.33 bits per heavy atom. The molecule has 0 spiro atoms. The predicted octanol–water partition coefficient (Wildman–Crippen LogP) is 1.66. The normalized spacial score (nSPS) is 20.6. The summed E-state index contributed by atoms with van der Waals surface area (Å²) in [7, 11) is 1.46. The maximum Gasteiger partial charge on any atom is 0.293 e. The third kappa shape index (κ3) is 3.98. The minimum absolute atomic E-state index is 0.0206. The SMILES string of the molecule is COc1cccn(CC(=O)N(CC2CCC2)CC2CCCO2)c1=O. The summed E-state index contributed by atoms with van der Waals surface area (Å²) in [5.74, 6) is 0.833. The number of aromatic nitrogens is 1. The molecule has 132 valence electrons. The summed E-state index contributed by atoms with van der Waals surface area (Å²) in [5, 5.41) is 0. The van der Waals surface area contributed by atoms with Gasteiger partial charge in [-0.3, -0.25) is 9.59 Å². The molecule has 1 aromatic heterocycles. The number of nitrogens with zero attached hydrogens (tertiary/aromatic N) is 2. The van der Waals surface area contributed by atoms with E-state index in [2.05, 4.69) is 0 Å². The molecule has 6 nitrogen and oxygen atoms in total. The van der Waals surface area contributed by atoms with Crippen molar-refractivity contribution >= 4 is 5.91 Å². The topological polar surface area (TPSA) is 60.8 Å². The standard InChI is InChI=1S/C18H26N2O4/c1-23-16-8-3-9-19(18(16)22)13-17(21)20(11-14-5-2-6-14)12-15-7-4-10-24-15/h3,8-9,14-15H,2,4-7,10-13H2,1H3. The zero-order valence-electron chi connectivity index (χ0n) is 14.3. The Labute approximate surface area is 142 Å². The van der Waals surface area contributed by atoms with Crippen LogP contribution in [-0.2, 0) is 16.1 Å². The number of carbonyl (C=O) groups excluding carboxylic acids is 1. The number of pyridine rings is 1. The van der Waals surface area contributed by atoms with Gasteiger partial charge in [0.1, 0.15) is 6.54 Å². The predicted molar refractivity (Wildman–Crippen MR) is 90.1 cm³/mol. The maximum absolute atomic E-state index is 12.8. The van der Waals surface area contributed by atoms with Gasteiger partial charge in [-0.25, -0.2) is 0 Å². The fourth-order valence-electron chi connectivity index (χ4n) is 3.34. The largest absolute Gasteiger partial charge is 0.491 e. The van der Waals surface area contributed by atoms with Gasteiger partial charge < -0.3 is 18.9 Å². The van der Waals surface area contributed by atoms with Crippen molar-refractivity contribution in [2.45, 2.75) is 44.8 Å². The number of methoxy groups -OCH3 is 1. The Morgan fingerprint density at radius 2 is 2.17 bits per heavy atom. The first-order valence-corrected chi connectivity index (χ1v) is 8.80. The quantitative estimate of drug-likeness (QED) is 0.761. The van der Waals surface area contributed by atoms with Crippen LogP contribution in [-0.4, -0.2) is 48.3 Å². The van der Waals surface area contributed by atoms with Crippen LogP contribution in [0.3, 0.4) is 0 Å². The van der Waals surface area contributed by atoms with Crippen molar-refractivity contribution in [1.82, 2.24) is 9.47 Å². The molecule has 1 unspecified atom stereocenters. The first kappa shape index (κ1) is 17.0. The molecule has 1 aromatic rings. The fraction of sp³-hybridized carbons (Fsp3) is 0.667. The lowest BCUT2D eigenvalue weighted by Gasteiger charge is -2.33. The summed E-state index contributed by atoms with van der Waals surface area (Å²) in [4.78, 5) is 26.9. The van der Waals surface area contributed by atoms with Gasteiger partial charge in [-0.05, 0) is 43.7 Å². The molecule has 2 heterocycles. The third-order valence-corrected chi connectivity index (χ3v) is 5.01. The molecule has 1 aliphatic heterocycles. The molecule has 0 radical (unpaired) electrons. The van der Waals surface area contributed by atoms with Gasteiger partial charge >= 0.3 is 0 Å². The zero-order chi connectivity index (χ0) is 16.9. The van der Waals surface area contributed by atoms with Gasteiger partial charge in [-0.2, -0.15) is 0 Å². The molecule has 2 fully saturated rings. The van der Waals surface area contributed by atoms with Crippen molar-refractivity contribution in [2.24, 2.45) is 5.92 Å². The van der Waals surface area contributed by atoms with Crippen molar-refractivity contribution in [2.75, 3.05) is 26.8 Å². The first-order valence-electron chi connectivity index (χ1n) is 8.80. The second-order valence-electron chi connectivity index (χ2n) is 6.74. The lowest BCUT2D eigenvalue weighted by atomic mass is 9.85. The van der Waals surface area contributed by atoms with Crippen LogP contribution >= 0.6 is 0 Å². The highest BCUT2D eigenvalue weighted by atomic mass is 16.5. The summed E-state index contributed by atoms with van der Waals surface area (Å²) < 4.78 is 12.2. The van der Waals surface area contributed by atoms with Gasteiger partial charge in [0, 0.05) is 25.9 Å². The van der Waals surface area contributed by atoms with E-state index >= 15 is 0 Å². The minimum Gasteiger partial charge on any atom is -0.491 e. The molecule has 1 amide bonds. The summed E-state index contributed by atoms with van der Waals surface area (Å²) in [6, 6.07) is 3.34. The number of carbonyl (C=O) groups is 1. The van der Waals surface area contributed by atoms with E-state index in [0.29, 0.717) is 12.5 Å². The molecule has 0 N–H and O–H groups in total. The molecule has 6 heteroatoms. The summed E-state index contributed by atoms with van der Waals surface area (Å²) in [6.45, 7) is 2.24. The van der Waals surface area contributed by atoms with E-state index < -0.39 is 0 Å². The van der Waals surface area contributed by atoms with Gasteiger partial charge in [-0.1, -0.05) is 6.42 Å². The molecule has 24 heavy (non-hydrogen) atoms. The Balaban J connectivity index is 1.68. The van der Waals surface area contributed by atoms with E-state index in [1.165, 1.54) is 30.9 Å². The zero-order valence-corrected chi connectivity index (χ0v) is 14.3. The highest BCUT2D eigenvalue weighted by Crippen LogP contribution is 2.27. The van der Waals surface area contributed by atoms with Gasteiger partial charge in [0.2, 0.25) is 5.91 Å². The maximum atomic E-state index is 12.8. The van der Waals surface area contributed by atoms with E-state index in [-0.39, 0.29) is 29.9 Å². The van der Waals surface area contributed by atoms with Gasteiger partial charge in [0.25, 0.3) is 5.56 Å². The third-order valence-electron chi connectivity index (χ3n) is 5.01. The van der Waals surface area contributed by atoms with Gasteiger partial charge in [0.05, 0.1) is 13.2 Å². The van der Waals surface area contributed by atoms with Crippen LogP contribution in [0.5, 0.6) is 5.75 Å². The van der Waals surface area contributed by atoms with Crippen molar-refractivity contribution in [1.29, 1.82) is 0 Å². The average Bonchev–Trinajstić information content (AvgIpc) is 3.04. The van der Waals surface area contributed by atoms with E-state index in [4.69, 9.17) is 9.47 Å². The summed E-state index contributed by atoms with van der Waals surface area (Å²) >= 11 is 0. The fourth-order valence-corrected chi connectivity index (χ4v) is 3.34. The molecular weight excluding hydrogens is 308 g/mol. The minimum atomic E-state index is -0.269. The Hall–Kier alpha value is -1.82. The molecule has 2 aliphatic rings. The first-order chi connectivity index (χ1) is 11.7. The molecule has 1 saturated carbocycles. The van der Waals surface area contributed by atoms with Crippen LogP contribution in [0.15, 0.2) is 23.1 Å². The highest BCUT2D eigenvalue weighted by Gasteiger charge is 2.27. The van der Waals surface area contributed by atoms with E-state index in [1.807, 2.05) is 4.90 Å². The number of rotatable bonds is 7. The Bertz CT molecular complexity index is 618. The molecule has 1 aliphatic carbocycles. The highest BCUT2D eigenvalue weighted by molar-refractivity contribution is 5.76. The Morgan fingerprint density at radius 3 is 2.79 bits per heavy atom. The molecular formula is C18H26N2O4. The van der Waals surface area contributed by atoms with Crippen LogP contribution < -0.4 is 10.3 Å². The molecule has 0 aromatic carbocycles. The molecule has 0 bridgehead atoms. The van der Waals surface area contributed by atoms with Crippen LogP contribution in [0, 0.1) is 5.92 Å². The second-order valence-corrected chi connectivity index (χ2v) is 6.74. The van der Waals surface area contributed by atoms with Crippen molar-refractivity contribution in [3.05, 3.63) is 28.7 Å². The number of hydrogen-bond donors (Lipinski definition) is 0. The number of ether oxygens (including phenoxy) is 2. The smallest absolute Gasteiger partial charge is 0.293 e. The van der Waals surface area contributed by atoms with Gasteiger partial charge in [-0.15, -0.1) is 0 Å². The van der Waals surface area contributed by atoms with Gasteiger partial charge in [0.15, 0.2) is 5.75 Å². The lowest BCUT2D eigenvalue weighted by molar-refractivity contribution is -0.134. The number of hydrogen-bond acceptors (Lipinski definition) is 4. The molecule has 1 saturated heterocycles. The monoisotopic (exact) mass is 334 g/mol. The number of amides is 1. The van der Waals surface area contributed by atoms with Crippen LogP contribution in [0.1, 0.15) is 32.1 Å². The van der Waals surface area contributed by atoms with E-state index in [1.54, 1.807) is 18.3 Å². The van der Waals surface area contributed by atoms with Crippen molar-refractivity contribution < 1.29 is 14.3 Å². The summed E-state index contributed by atoms with van der Waals surface area (Å²) in [5.41, 5.74) is -0.269. The second kappa shape index (κ2) is 7.83. The van der Waals surface area contributed by atoms with Crippen molar-refractivity contribution in [3.8, 4) is 5.75 Å². The average molecular weight is 334 g/mol. The Kier molecular flexibility index (Phi) is 5.56. The van der Waals surface area contributed by atoms with Crippen LogP contribution in [0.2, 0.25) is 0 Å². The molecule has 3 rings (SSSR count). The van der Waals surface area contributed by atoms with E-state index in [9.17, 15) is 9.59 Å². The molecule has 1 atom stereocenters. The summed E-state index contributed by atoms with van der Waals surface area (Å²) in [6.07, 6.45) is 7.47. The van der Waals surface area contributed by atoms with E-state index in [0.717, 1.165) is 26.0 Å². The lowest BCUT2D eigenvalue weighted by Crippen LogP contribution is -2.44.